The first-order valence-corrected chi connectivity index (χ1v) is 3.88. The molecule has 0 saturated heterocycles. The van der Waals surface area contributed by atoms with Crippen LogP contribution in [0.1, 0.15) is 6.92 Å². The third-order valence-corrected chi connectivity index (χ3v) is 1.72. The summed E-state index contributed by atoms with van der Waals surface area (Å²) >= 11 is 0. The number of halogens is 1. The Bertz CT molecular complexity index is 193. The standard InChI is InChI=1S/C9H15FO3/c1-4-6(11)7(10)9(13)8(12)5(2)3/h4,6-9,11-13H,1-2H2,3H3/t6-,7+,8+,9-/m0/s1. The van der Waals surface area contributed by atoms with Crippen LogP contribution in [-0.2, 0) is 0 Å². The highest BCUT2D eigenvalue weighted by Crippen LogP contribution is 2.13. The van der Waals surface area contributed by atoms with Gasteiger partial charge in [0, 0.05) is 0 Å². The van der Waals surface area contributed by atoms with Crippen LogP contribution >= 0.6 is 0 Å². The molecule has 4 atom stereocenters. The van der Waals surface area contributed by atoms with Gasteiger partial charge in [-0.15, -0.1) is 6.58 Å². The number of alkyl halides is 1. The van der Waals surface area contributed by atoms with E-state index in [1.807, 2.05) is 0 Å². The highest BCUT2D eigenvalue weighted by Gasteiger charge is 2.30. The van der Waals surface area contributed by atoms with Crippen LogP contribution in [0.25, 0.3) is 0 Å². The molecule has 0 aromatic carbocycles. The first-order chi connectivity index (χ1) is 5.91. The van der Waals surface area contributed by atoms with Gasteiger partial charge in [-0.05, 0) is 12.5 Å². The predicted molar refractivity (Wildman–Crippen MR) is 47.9 cm³/mol. The van der Waals surface area contributed by atoms with E-state index in [2.05, 4.69) is 13.2 Å². The third kappa shape index (κ3) is 3.26. The van der Waals surface area contributed by atoms with Gasteiger partial charge in [0.2, 0.25) is 0 Å². The molecule has 3 nitrogen and oxygen atoms in total. The first kappa shape index (κ1) is 12.3. The molecule has 0 bridgehead atoms. The van der Waals surface area contributed by atoms with E-state index in [0.717, 1.165) is 6.08 Å². The van der Waals surface area contributed by atoms with Gasteiger partial charge in [0.15, 0.2) is 6.17 Å². The van der Waals surface area contributed by atoms with Gasteiger partial charge in [0.25, 0.3) is 0 Å². The maximum absolute atomic E-state index is 13.0. The lowest BCUT2D eigenvalue weighted by atomic mass is 10.0. The van der Waals surface area contributed by atoms with Crippen molar-refractivity contribution >= 4 is 0 Å². The van der Waals surface area contributed by atoms with E-state index in [4.69, 9.17) is 10.2 Å². The number of hydrogen-bond acceptors (Lipinski definition) is 3. The van der Waals surface area contributed by atoms with Crippen molar-refractivity contribution in [3.8, 4) is 0 Å². The van der Waals surface area contributed by atoms with Crippen LogP contribution < -0.4 is 0 Å². The molecule has 0 aromatic rings. The summed E-state index contributed by atoms with van der Waals surface area (Å²) in [5, 5.41) is 27.3. The highest BCUT2D eigenvalue weighted by molar-refractivity contribution is 5.04. The van der Waals surface area contributed by atoms with Crippen molar-refractivity contribution in [3.05, 3.63) is 24.8 Å². The molecule has 13 heavy (non-hydrogen) atoms. The number of aliphatic hydroxyl groups excluding tert-OH is 3. The van der Waals surface area contributed by atoms with Crippen LogP contribution in [0, 0.1) is 0 Å². The smallest absolute Gasteiger partial charge is 0.158 e. The zero-order valence-electron chi connectivity index (χ0n) is 7.52. The molecule has 0 aromatic heterocycles. The molecule has 0 unspecified atom stereocenters. The Morgan fingerprint density at radius 1 is 1.38 bits per heavy atom. The predicted octanol–water partition coefficient (Wildman–Crippen LogP) is 0.169. The molecule has 0 saturated carbocycles. The fourth-order valence-corrected chi connectivity index (χ4v) is 0.798. The fourth-order valence-electron chi connectivity index (χ4n) is 0.798. The highest BCUT2D eigenvalue weighted by atomic mass is 19.1. The van der Waals surface area contributed by atoms with Crippen LogP contribution in [0.3, 0.4) is 0 Å². The molecular weight excluding hydrogens is 175 g/mol. The zero-order chi connectivity index (χ0) is 10.6. The quantitative estimate of drug-likeness (QED) is 0.541. The molecule has 4 heteroatoms. The van der Waals surface area contributed by atoms with Crippen molar-refractivity contribution in [1.82, 2.24) is 0 Å². The molecule has 0 spiro atoms. The van der Waals surface area contributed by atoms with E-state index in [9.17, 15) is 9.50 Å². The van der Waals surface area contributed by atoms with Gasteiger partial charge >= 0.3 is 0 Å². The van der Waals surface area contributed by atoms with E-state index in [0.29, 0.717) is 0 Å². The molecule has 76 valence electrons. The Labute approximate surface area is 76.8 Å². The average molecular weight is 190 g/mol. The van der Waals surface area contributed by atoms with Crippen molar-refractivity contribution in [2.45, 2.75) is 31.4 Å². The second-order valence-electron chi connectivity index (χ2n) is 2.95. The lowest BCUT2D eigenvalue weighted by Gasteiger charge is -2.23. The molecule has 3 N–H and O–H groups in total. The minimum absolute atomic E-state index is 0.242. The second kappa shape index (κ2) is 5.11. The Morgan fingerprint density at radius 3 is 2.15 bits per heavy atom. The van der Waals surface area contributed by atoms with Crippen LogP contribution in [0.5, 0.6) is 0 Å². The van der Waals surface area contributed by atoms with Gasteiger partial charge in [0.05, 0.1) is 0 Å². The van der Waals surface area contributed by atoms with Crippen LogP contribution in [0.2, 0.25) is 0 Å². The van der Waals surface area contributed by atoms with Crippen molar-refractivity contribution in [2.75, 3.05) is 0 Å². The van der Waals surface area contributed by atoms with E-state index >= 15 is 0 Å². The van der Waals surface area contributed by atoms with Gasteiger partial charge in [-0.3, -0.25) is 0 Å². The molecular formula is C9H15FO3. The third-order valence-electron chi connectivity index (χ3n) is 1.72. The number of rotatable bonds is 5. The Hall–Kier alpha value is -0.710. The lowest BCUT2D eigenvalue weighted by molar-refractivity contribution is -0.0460. The van der Waals surface area contributed by atoms with Crippen molar-refractivity contribution < 1.29 is 19.7 Å². The van der Waals surface area contributed by atoms with Crippen LogP contribution in [0.15, 0.2) is 24.8 Å². The van der Waals surface area contributed by atoms with E-state index in [1.165, 1.54) is 6.92 Å². The Balaban J connectivity index is 4.32. The molecule has 0 rings (SSSR count). The minimum Gasteiger partial charge on any atom is -0.387 e. The van der Waals surface area contributed by atoms with Crippen LogP contribution in [-0.4, -0.2) is 39.8 Å². The van der Waals surface area contributed by atoms with E-state index in [-0.39, 0.29) is 5.57 Å². The van der Waals surface area contributed by atoms with Crippen molar-refractivity contribution in [1.29, 1.82) is 0 Å². The van der Waals surface area contributed by atoms with Gasteiger partial charge < -0.3 is 15.3 Å². The summed E-state index contributed by atoms with van der Waals surface area (Å²) in [6.45, 7) is 7.98. The van der Waals surface area contributed by atoms with Crippen molar-refractivity contribution in [2.24, 2.45) is 0 Å². The molecule has 0 amide bonds. The van der Waals surface area contributed by atoms with Crippen LogP contribution in [0.4, 0.5) is 4.39 Å². The number of aliphatic hydroxyl groups is 3. The second-order valence-corrected chi connectivity index (χ2v) is 2.95. The molecule has 0 fully saturated rings. The normalized spacial score (nSPS) is 20.1. The van der Waals surface area contributed by atoms with Gasteiger partial charge in [-0.1, -0.05) is 12.7 Å². The maximum atomic E-state index is 13.0. The summed E-state index contributed by atoms with van der Waals surface area (Å²) in [4.78, 5) is 0. The Kier molecular flexibility index (Phi) is 4.83. The summed E-state index contributed by atoms with van der Waals surface area (Å²) < 4.78 is 13.0. The zero-order valence-corrected chi connectivity index (χ0v) is 7.52. The Morgan fingerprint density at radius 2 is 1.85 bits per heavy atom. The monoisotopic (exact) mass is 190 g/mol. The SMILES string of the molecule is C=C[C@H](O)[C@@H](F)[C@H](O)[C@H](O)C(=C)C. The summed E-state index contributed by atoms with van der Waals surface area (Å²) in [5.74, 6) is 0. The summed E-state index contributed by atoms with van der Waals surface area (Å²) in [6.07, 6.45) is -5.53. The summed E-state index contributed by atoms with van der Waals surface area (Å²) in [5.41, 5.74) is 0.242. The van der Waals surface area contributed by atoms with Gasteiger partial charge in [0.1, 0.15) is 18.3 Å². The largest absolute Gasteiger partial charge is 0.387 e. The first-order valence-electron chi connectivity index (χ1n) is 3.88. The summed E-state index contributed by atoms with van der Waals surface area (Å²) in [6, 6.07) is 0. The van der Waals surface area contributed by atoms with E-state index < -0.39 is 24.5 Å². The maximum Gasteiger partial charge on any atom is 0.158 e. The molecule has 0 aliphatic carbocycles. The fraction of sp³-hybridized carbons (Fsp3) is 0.556. The van der Waals surface area contributed by atoms with Gasteiger partial charge in [-0.25, -0.2) is 4.39 Å². The minimum atomic E-state index is -1.95. The molecule has 0 heterocycles. The molecule has 0 radical (unpaired) electrons. The van der Waals surface area contributed by atoms with Crippen molar-refractivity contribution in [3.63, 3.8) is 0 Å². The van der Waals surface area contributed by atoms with E-state index in [1.54, 1.807) is 0 Å². The molecule has 0 aliphatic rings. The molecule has 0 aliphatic heterocycles. The van der Waals surface area contributed by atoms with Gasteiger partial charge in [-0.2, -0.15) is 0 Å². The summed E-state index contributed by atoms with van der Waals surface area (Å²) in [7, 11) is 0. The lowest BCUT2D eigenvalue weighted by Crippen LogP contribution is -2.41. The average Bonchev–Trinajstić information content (AvgIpc) is 2.12. The number of hydrogen-bond donors (Lipinski definition) is 3. The topological polar surface area (TPSA) is 60.7 Å².